The summed E-state index contributed by atoms with van der Waals surface area (Å²) in [4.78, 5) is 0. The molecule has 1 aromatic rings. The summed E-state index contributed by atoms with van der Waals surface area (Å²) in [6.07, 6.45) is 2.77. The minimum Gasteiger partial charge on any atom is -0.388 e. The molecule has 0 bridgehead atoms. The first-order valence-corrected chi connectivity index (χ1v) is 6.74. The molecule has 0 radical (unpaired) electrons. The Labute approximate surface area is 107 Å². The minimum atomic E-state index is -0.339. The summed E-state index contributed by atoms with van der Waals surface area (Å²) in [5.41, 5.74) is 2.22. The molecule has 1 unspecified atom stereocenters. The Balaban J connectivity index is 2.55. The van der Waals surface area contributed by atoms with E-state index in [0.717, 1.165) is 22.9 Å². The lowest BCUT2D eigenvalue weighted by Crippen LogP contribution is -2.00. The zero-order valence-corrected chi connectivity index (χ0v) is 11.9. The number of halogens is 1. The predicted octanol–water partition coefficient (Wildman–Crippen LogP) is 4.62. The standard InChI is InChI=1S/C14H21BrO/c1-10(2)5-4-6-14(16)12-8-7-11(3)9-13(12)15/h7-10,14,16H,4-6H2,1-3H3. The summed E-state index contributed by atoms with van der Waals surface area (Å²) >= 11 is 3.51. The molecule has 0 aromatic heterocycles. The summed E-state index contributed by atoms with van der Waals surface area (Å²) in [6, 6.07) is 6.12. The molecule has 1 rings (SSSR count). The smallest absolute Gasteiger partial charge is 0.0800 e. The lowest BCUT2D eigenvalue weighted by atomic mass is 9.99. The van der Waals surface area contributed by atoms with E-state index in [0.29, 0.717) is 5.92 Å². The van der Waals surface area contributed by atoms with Crippen LogP contribution in [0.2, 0.25) is 0 Å². The van der Waals surface area contributed by atoms with Gasteiger partial charge in [0, 0.05) is 4.47 Å². The van der Waals surface area contributed by atoms with Gasteiger partial charge in [0.05, 0.1) is 6.10 Å². The summed E-state index contributed by atoms with van der Waals surface area (Å²) in [5, 5.41) is 10.1. The summed E-state index contributed by atoms with van der Waals surface area (Å²) in [7, 11) is 0. The fourth-order valence-corrected chi connectivity index (χ4v) is 2.53. The van der Waals surface area contributed by atoms with E-state index in [1.807, 2.05) is 12.1 Å². The SMILES string of the molecule is Cc1ccc(C(O)CCCC(C)C)c(Br)c1. The highest BCUT2D eigenvalue weighted by Gasteiger charge is 2.11. The van der Waals surface area contributed by atoms with Crippen LogP contribution in [0.5, 0.6) is 0 Å². The average molecular weight is 285 g/mol. The van der Waals surface area contributed by atoms with Gasteiger partial charge in [-0.25, -0.2) is 0 Å². The molecule has 0 saturated carbocycles. The molecule has 0 fully saturated rings. The van der Waals surface area contributed by atoms with Crippen molar-refractivity contribution in [2.45, 2.75) is 46.1 Å². The van der Waals surface area contributed by atoms with Gasteiger partial charge < -0.3 is 5.11 Å². The Morgan fingerprint density at radius 1 is 1.25 bits per heavy atom. The molecule has 2 heteroatoms. The summed E-state index contributed by atoms with van der Waals surface area (Å²) in [5.74, 6) is 0.716. The van der Waals surface area contributed by atoms with Crippen molar-refractivity contribution < 1.29 is 5.11 Å². The van der Waals surface area contributed by atoms with E-state index in [1.165, 1.54) is 12.0 Å². The van der Waals surface area contributed by atoms with Gasteiger partial charge in [-0.2, -0.15) is 0 Å². The Bertz CT molecular complexity index is 334. The van der Waals surface area contributed by atoms with Gasteiger partial charge in [0.1, 0.15) is 0 Å². The molecule has 1 N–H and O–H groups in total. The molecule has 1 atom stereocenters. The second-order valence-corrected chi connectivity index (χ2v) is 5.72. The highest BCUT2D eigenvalue weighted by atomic mass is 79.9. The van der Waals surface area contributed by atoms with Crippen molar-refractivity contribution >= 4 is 15.9 Å². The van der Waals surface area contributed by atoms with Crippen molar-refractivity contribution in [2.24, 2.45) is 5.92 Å². The van der Waals surface area contributed by atoms with Crippen LogP contribution in [0.15, 0.2) is 22.7 Å². The fourth-order valence-electron chi connectivity index (χ4n) is 1.78. The van der Waals surface area contributed by atoms with Gasteiger partial charge in [-0.1, -0.05) is 54.8 Å². The van der Waals surface area contributed by atoms with Crippen molar-refractivity contribution in [1.82, 2.24) is 0 Å². The van der Waals surface area contributed by atoms with E-state index in [4.69, 9.17) is 0 Å². The molecule has 90 valence electrons. The third kappa shape index (κ3) is 4.26. The van der Waals surface area contributed by atoms with Gasteiger partial charge in [-0.3, -0.25) is 0 Å². The number of rotatable bonds is 5. The zero-order valence-electron chi connectivity index (χ0n) is 10.3. The van der Waals surface area contributed by atoms with Crippen molar-refractivity contribution in [2.75, 3.05) is 0 Å². The van der Waals surface area contributed by atoms with Crippen LogP contribution in [-0.2, 0) is 0 Å². The molecule has 0 aliphatic carbocycles. The van der Waals surface area contributed by atoms with Crippen molar-refractivity contribution in [1.29, 1.82) is 0 Å². The van der Waals surface area contributed by atoms with Crippen LogP contribution in [0.4, 0.5) is 0 Å². The van der Waals surface area contributed by atoms with E-state index < -0.39 is 0 Å². The van der Waals surface area contributed by atoms with Gasteiger partial charge in [-0.05, 0) is 36.5 Å². The first-order chi connectivity index (χ1) is 7.50. The number of hydrogen-bond donors (Lipinski definition) is 1. The number of aliphatic hydroxyl groups is 1. The molecule has 0 heterocycles. The van der Waals surface area contributed by atoms with Crippen LogP contribution in [0.25, 0.3) is 0 Å². The van der Waals surface area contributed by atoms with Crippen LogP contribution in [0.1, 0.15) is 50.3 Å². The lowest BCUT2D eigenvalue weighted by molar-refractivity contribution is 0.161. The van der Waals surface area contributed by atoms with Crippen LogP contribution < -0.4 is 0 Å². The van der Waals surface area contributed by atoms with Crippen molar-refractivity contribution in [3.63, 3.8) is 0 Å². The van der Waals surface area contributed by atoms with E-state index in [9.17, 15) is 5.11 Å². The van der Waals surface area contributed by atoms with Gasteiger partial charge in [0.25, 0.3) is 0 Å². The summed E-state index contributed by atoms with van der Waals surface area (Å²) < 4.78 is 1.02. The molecule has 0 spiro atoms. The third-order valence-corrected chi connectivity index (χ3v) is 3.46. The van der Waals surface area contributed by atoms with Gasteiger partial charge >= 0.3 is 0 Å². The Hall–Kier alpha value is -0.340. The van der Waals surface area contributed by atoms with E-state index >= 15 is 0 Å². The van der Waals surface area contributed by atoms with Crippen LogP contribution in [-0.4, -0.2) is 5.11 Å². The maximum atomic E-state index is 10.1. The second-order valence-electron chi connectivity index (χ2n) is 4.87. The third-order valence-electron chi connectivity index (χ3n) is 2.77. The van der Waals surface area contributed by atoms with E-state index in [2.05, 4.69) is 42.8 Å². The maximum absolute atomic E-state index is 10.1. The molecule has 1 aromatic carbocycles. The number of aliphatic hydroxyl groups excluding tert-OH is 1. The number of benzene rings is 1. The molecular weight excluding hydrogens is 264 g/mol. The molecule has 1 nitrogen and oxygen atoms in total. The first kappa shape index (κ1) is 13.7. The van der Waals surface area contributed by atoms with Crippen LogP contribution in [0.3, 0.4) is 0 Å². The van der Waals surface area contributed by atoms with Crippen LogP contribution >= 0.6 is 15.9 Å². The van der Waals surface area contributed by atoms with Gasteiger partial charge in [0.15, 0.2) is 0 Å². The number of hydrogen-bond acceptors (Lipinski definition) is 1. The quantitative estimate of drug-likeness (QED) is 0.837. The van der Waals surface area contributed by atoms with Crippen molar-refractivity contribution in [3.8, 4) is 0 Å². The van der Waals surface area contributed by atoms with Crippen LogP contribution in [0, 0.1) is 12.8 Å². The highest BCUT2D eigenvalue weighted by molar-refractivity contribution is 9.10. The molecule has 0 aliphatic rings. The maximum Gasteiger partial charge on any atom is 0.0800 e. The largest absolute Gasteiger partial charge is 0.388 e. The van der Waals surface area contributed by atoms with Crippen molar-refractivity contribution in [3.05, 3.63) is 33.8 Å². The predicted molar refractivity (Wildman–Crippen MR) is 72.5 cm³/mol. The summed E-state index contributed by atoms with van der Waals surface area (Å²) in [6.45, 7) is 6.49. The first-order valence-electron chi connectivity index (χ1n) is 5.95. The number of aryl methyl sites for hydroxylation is 1. The second kappa shape index (κ2) is 6.41. The fraction of sp³-hybridized carbons (Fsp3) is 0.571. The van der Waals surface area contributed by atoms with E-state index in [-0.39, 0.29) is 6.10 Å². The molecule has 16 heavy (non-hydrogen) atoms. The Morgan fingerprint density at radius 3 is 2.50 bits per heavy atom. The van der Waals surface area contributed by atoms with Gasteiger partial charge in [-0.15, -0.1) is 0 Å². The Kier molecular flexibility index (Phi) is 5.50. The molecular formula is C14H21BrO. The average Bonchev–Trinajstić information content (AvgIpc) is 2.16. The molecule has 0 aliphatic heterocycles. The molecule has 0 saturated heterocycles. The normalized spacial score (nSPS) is 13.1. The minimum absolute atomic E-state index is 0.339. The topological polar surface area (TPSA) is 20.2 Å². The Morgan fingerprint density at radius 2 is 1.94 bits per heavy atom. The zero-order chi connectivity index (χ0) is 12.1. The highest BCUT2D eigenvalue weighted by Crippen LogP contribution is 2.28. The van der Waals surface area contributed by atoms with Gasteiger partial charge in [0.2, 0.25) is 0 Å². The monoisotopic (exact) mass is 284 g/mol. The molecule has 0 amide bonds. The van der Waals surface area contributed by atoms with E-state index in [1.54, 1.807) is 0 Å². The lowest BCUT2D eigenvalue weighted by Gasteiger charge is -2.14.